The van der Waals surface area contributed by atoms with E-state index in [1.54, 1.807) is 21.3 Å². The van der Waals surface area contributed by atoms with E-state index >= 15 is 0 Å². The van der Waals surface area contributed by atoms with Crippen molar-refractivity contribution in [2.24, 2.45) is 0 Å². The molecular weight excluding hydrogens is 508 g/mol. The van der Waals surface area contributed by atoms with Crippen LogP contribution >= 0.6 is 31.9 Å². The zero-order valence-corrected chi connectivity index (χ0v) is 20.6. The molecule has 0 unspecified atom stereocenters. The second-order valence-corrected chi connectivity index (χ2v) is 7.75. The minimum atomic E-state index is -0.00833. The van der Waals surface area contributed by atoms with Crippen LogP contribution in [0.4, 0.5) is 0 Å². The van der Waals surface area contributed by atoms with E-state index in [2.05, 4.69) is 37.9 Å². The second-order valence-electron chi connectivity index (χ2n) is 6.17. The third kappa shape index (κ3) is 8.62. The van der Waals surface area contributed by atoms with Crippen LogP contribution in [0.15, 0.2) is 33.2 Å². The summed E-state index contributed by atoms with van der Waals surface area (Å²) >= 11 is 6.85. The number of hydrogen-bond acceptors (Lipinski definition) is 6. The van der Waals surface area contributed by atoms with Crippen molar-refractivity contribution in [3.05, 3.63) is 55.5 Å². The van der Waals surface area contributed by atoms with E-state index in [4.69, 9.17) is 28.8 Å². The number of ether oxygens (including phenoxy) is 5. The van der Waals surface area contributed by atoms with Gasteiger partial charge in [0.15, 0.2) is 13.6 Å². The lowest BCUT2D eigenvalue weighted by Crippen LogP contribution is -2.01. The summed E-state index contributed by atoms with van der Waals surface area (Å²) in [5, 5.41) is 9.08. The normalized spacial score (nSPS) is 10.3. The molecule has 0 fully saturated rings. The van der Waals surface area contributed by atoms with Gasteiger partial charge in [-0.25, -0.2) is 0 Å². The van der Waals surface area contributed by atoms with E-state index in [9.17, 15) is 0 Å². The van der Waals surface area contributed by atoms with Crippen LogP contribution in [0.1, 0.15) is 22.3 Å². The summed E-state index contributed by atoms with van der Waals surface area (Å²) in [6, 6.07) is 7.82. The predicted molar refractivity (Wildman–Crippen MR) is 119 cm³/mol. The third-order valence-corrected chi connectivity index (χ3v) is 5.45. The van der Waals surface area contributed by atoms with E-state index < -0.39 is 0 Å². The third-order valence-electron chi connectivity index (χ3n) is 3.65. The molecule has 0 saturated heterocycles. The van der Waals surface area contributed by atoms with Crippen LogP contribution in [0.25, 0.3) is 0 Å². The van der Waals surface area contributed by atoms with E-state index in [-0.39, 0.29) is 20.2 Å². The fourth-order valence-electron chi connectivity index (χ4n) is 2.45. The molecule has 162 valence electrons. The van der Waals surface area contributed by atoms with Crippen molar-refractivity contribution in [1.29, 1.82) is 0 Å². The minimum absolute atomic E-state index is 0.00833. The molecule has 0 amide bonds. The Bertz CT molecular complexity index is 767. The first-order valence-corrected chi connectivity index (χ1v) is 10.4. The molecule has 2 rings (SSSR count). The Kier molecular flexibility index (Phi) is 12.4. The number of aliphatic hydroxyl groups is 1. The van der Waals surface area contributed by atoms with Crippen molar-refractivity contribution < 1.29 is 28.8 Å². The molecule has 0 aliphatic rings. The molecule has 2 aromatic rings. The lowest BCUT2D eigenvalue weighted by Gasteiger charge is -2.12. The molecule has 6 nitrogen and oxygen atoms in total. The number of aliphatic hydroxyl groups excluding tert-OH is 1. The van der Waals surface area contributed by atoms with Gasteiger partial charge in [0.25, 0.3) is 0 Å². The number of halogens is 2. The fraction of sp³-hybridized carbons (Fsp3) is 0.429. The second kappa shape index (κ2) is 14.0. The Balaban J connectivity index is 0.000000291. The number of aryl methyl sites for hydroxylation is 2. The molecule has 0 saturated carbocycles. The molecule has 1 N–H and O–H groups in total. The molecule has 29 heavy (non-hydrogen) atoms. The lowest BCUT2D eigenvalue weighted by atomic mass is 10.1. The Labute approximate surface area is 189 Å². The molecule has 0 heterocycles. The maximum Gasteiger partial charge on any atom is 0.188 e. The van der Waals surface area contributed by atoms with Gasteiger partial charge in [0.1, 0.15) is 11.5 Å². The van der Waals surface area contributed by atoms with Crippen LogP contribution in [-0.4, -0.2) is 40.0 Å². The zero-order valence-electron chi connectivity index (χ0n) is 17.4. The molecule has 0 aliphatic carbocycles. The van der Waals surface area contributed by atoms with Crippen LogP contribution in [-0.2, 0) is 27.4 Å². The van der Waals surface area contributed by atoms with Crippen molar-refractivity contribution in [3.63, 3.8) is 0 Å². The number of benzene rings is 2. The van der Waals surface area contributed by atoms with Gasteiger partial charge in [0.05, 0.1) is 22.2 Å². The molecule has 0 radical (unpaired) electrons. The average molecular weight is 536 g/mol. The minimum Gasteiger partial charge on any atom is -0.466 e. The van der Waals surface area contributed by atoms with Crippen molar-refractivity contribution in [2.45, 2.75) is 27.1 Å². The molecule has 0 aliphatic heterocycles. The fourth-order valence-corrected chi connectivity index (χ4v) is 3.37. The molecule has 8 heteroatoms. The smallest absolute Gasteiger partial charge is 0.188 e. The van der Waals surface area contributed by atoms with Gasteiger partial charge < -0.3 is 28.8 Å². The van der Waals surface area contributed by atoms with Crippen LogP contribution in [0.5, 0.6) is 11.5 Å². The van der Waals surface area contributed by atoms with Gasteiger partial charge in [0, 0.05) is 21.3 Å². The van der Waals surface area contributed by atoms with Gasteiger partial charge in [-0.1, -0.05) is 12.1 Å². The molecular formula is C21H28Br2O6. The standard InChI is InChI=1S/C11H15BrO3.C10H13BrO3/c1-8-4-9(6-13-2)11(12)10(5-8)15-7-14-3;1-7-3-8(5-12)10(11)9(4-7)14-6-13-2/h4-5H,6-7H2,1-3H3;3-4,12H,5-6H2,1-2H3. The number of methoxy groups -OCH3 is 3. The van der Waals surface area contributed by atoms with Gasteiger partial charge in [-0.15, -0.1) is 0 Å². The van der Waals surface area contributed by atoms with E-state index in [0.29, 0.717) is 12.4 Å². The maximum atomic E-state index is 9.08. The Morgan fingerprint density at radius 3 is 1.59 bits per heavy atom. The highest BCUT2D eigenvalue weighted by Crippen LogP contribution is 2.31. The molecule has 0 atom stereocenters. The van der Waals surface area contributed by atoms with Crippen LogP contribution in [0.2, 0.25) is 0 Å². The highest BCUT2D eigenvalue weighted by Gasteiger charge is 2.09. The van der Waals surface area contributed by atoms with Crippen molar-refractivity contribution >= 4 is 31.9 Å². The van der Waals surface area contributed by atoms with Crippen LogP contribution in [0.3, 0.4) is 0 Å². The lowest BCUT2D eigenvalue weighted by molar-refractivity contribution is 0.0502. The average Bonchev–Trinajstić information content (AvgIpc) is 2.70. The van der Waals surface area contributed by atoms with Crippen LogP contribution in [0, 0.1) is 13.8 Å². The summed E-state index contributed by atoms with van der Waals surface area (Å²) in [4.78, 5) is 0. The first kappa shape index (κ1) is 25.9. The SMILES string of the molecule is COCOc1cc(C)cc(CO)c1Br.COCOc1cc(C)cc(COC)c1Br. The van der Waals surface area contributed by atoms with E-state index in [1.807, 2.05) is 32.0 Å². The Morgan fingerprint density at radius 1 is 0.724 bits per heavy atom. The van der Waals surface area contributed by atoms with Crippen LogP contribution < -0.4 is 9.47 Å². The predicted octanol–water partition coefficient (Wildman–Crippen LogP) is 5.12. The summed E-state index contributed by atoms with van der Waals surface area (Å²) in [5.41, 5.74) is 4.07. The van der Waals surface area contributed by atoms with Gasteiger partial charge in [-0.3, -0.25) is 0 Å². The summed E-state index contributed by atoms with van der Waals surface area (Å²) in [5.74, 6) is 1.47. The highest BCUT2D eigenvalue weighted by atomic mass is 79.9. The van der Waals surface area contributed by atoms with Crippen molar-refractivity contribution in [3.8, 4) is 11.5 Å². The summed E-state index contributed by atoms with van der Waals surface area (Å²) in [7, 11) is 4.83. The summed E-state index contributed by atoms with van der Waals surface area (Å²) in [6.45, 7) is 4.97. The quantitative estimate of drug-likeness (QED) is 0.449. The summed E-state index contributed by atoms with van der Waals surface area (Å²) in [6.07, 6.45) is 0. The van der Waals surface area contributed by atoms with Crippen molar-refractivity contribution in [1.82, 2.24) is 0 Å². The van der Waals surface area contributed by atoms with Crippen molar-refractivity contribution in [2.75, 3.05) is 34.9 Å². The molecule has 0 aromatic heterocycles. The molecule has 2 aromatic carbocycles. The molecule has 0 spiro atoms. The zero-order chi connectivity index (χ0) is 21.8. The monoisotopic (exact) mass is 534 g/mol. The first-order valence-electron chi connectivity index (χ1n) is 8.79. The highest BCUT2D eigenvalue weighted by molar-refractivity contribution is 9.11. The molecule has 0 bridgehead atoms. The Hall–Kier alpha value is -1.16. The number of hydrogen-bond donors (Lipinski definition) is 1. The first-order chi connectivity index (χ1) is 13.9. The van der Waals surface area contributed by atoms with Gasteiger partial charge >= 0.3 is 0 Å². The largest absolute Gasteiger partial charge is 0.466 e. The van der Waals surface area contributed by atoms with E-state index in [0.717, 1.165) is 36.9 Å². The van der Waals surface area contributed by atoms with E-state index in [1.165, 1.54) is 0 Å². The van der Waals surface area contributed by atoms with Gasteiger partial charge in [-0.2, -0.15) is 0 Å². The topological polar surface area (TPSA) is 66.4 Å². The van der Waals surface area contributed by atoms with Gasteiger partial charge in [0.2, 0.25) is 0 Å². The maximum absolute atomic E-state index is 9.08. The summed E-state index contributed by atoms with van der Waals surface area (Å²) < 4.78 is 27.2. The Morgan fingerprint density at radius 2 is 1.17 bits per heavy atom. The number of rotatable bonds is 9. The van der Waals surface area contributed by atoms with Gasteiger partial charge in [-0.05, 0) is 80.1 Å².